The average Bonchev–Trinajstić information content (AvgIpc) is 2.78. The van der Waals surface area contributed by atoms with Crippen LogP contribution in [0.3, 0.4) is 0 Å². The van der Waals surface area contributed by atoms with Crippen molar-refractivity contribution < 1.29 is 4.79 Å². The number of nitrogen functional groups attached to an aromatic ring is 1. The lowest BCUT2D eigenvalue weighted by atomic mass is 9.76. The van der Waals surface area contributed by atoms with Crippen molar-refractivity contribution in [1.29, 1.82) is 0 Å². The maximum atomic E-state index is 12.6. The van der Waals surface area contributed by atoms with Crippen molar-refractivity contribution in [3.63, 3.8) is 0 Å². The number of benzene rings is 1. The van der Waals surface area contributed by atoms with Gasteiger partial charge in [-0.2, -0.15) is 0 Å². The van der Waals surface area contributed by atoms with Gasteiger partial charge in [-0.05, 0) is 61.8 Å². The van der Waals surface area contributed by atoms with Crippen LogP contribution in [0.25, 0.3) is 0 Å². The molecule has 0 bridgehead atoms. The summed E-state index contributed by atoms with van der Waals surface area (Å²) in [5.74, 6) is 1.23. The topological polar surface area (TPSA) is 43.1 Å². The van der Waals surface area contributed by atoms with Crippen LogP contribution in [0.15, 0.2) is 18.2 Å². The molecule has 31 heavy (non-hydrogen) atoms. The highest BCUT2D eigenvalue weighted by atomic mass is 35.5. The first-order chi connectivity index (χ1) is 15.1. The lowest BCUT2D eigenvalue weighted by Crippen LogP contribution is -2.21. The van der Waals surface area contributed by atoms with Gasteiger partial charge in [0.05, 0.1) is 0 Å². The molecule has 1 aliphatic rings. The minimum atomic E-state index is 0.272. The minimum Gasteiger partial charge on any atom is -0.398 e. The molecule has 0 atom stereocenters. The van der Waals surface area contributed by atoms with Gasteiger partial charge in [-0.25, -0.2) is 0 Å². The SMILES string of the molecule is CCCCCCCCCCCCCCCC(=O)C1CCC(c2cc(Cl)ccc2N)CC1. The van der Waals surface area contributed by atoms with Crippen LogP contribution in [0, 0.1) is 5.92 Å². The number of unbranched alkanes of at least 4 members (excludes halogenated alkanes) is 12. The van der Waals surface area contributed by atoms with E-state index in [4.69, 9.17) is 17.3 Å². The van der Waals surface area contributed by atoms with E-state index >= 15 is 0 Å². The van der Waals surface area contributed by atoms with E-state index in [2.05, 4.69) is 6.92 Å². The zero-order valence-electron chi connectivity index (χ0n) is 20.0. The van der Waals surface area contributed by atoms with Crippen LogP contribution in [0.1, 0.15) is 134 Å². The number of carbonyl (C=O) groups is 1. The molecule has 0 amide bonds. The molecule has 0 aromatic heterocycles. The smallest absolute Gasteiger partial charge is 0.135 e. The summed E-state index contributed by atoms with van der Waals surface area (Å²) in [6.07, 6.45) is 22.5. The van der Waals surface area contributed by atoms with Crippen LogP contribution in [0.4, 0.5) is 5.69 Å². The minimum absolute atomic E-state index is 0.272. The van der Waals surface area contributed by atoms with Gasteiger partial charge in [0.2, 0.25) is 0 Å². The number of ketones is 1. The Morgan fingerprint density at radius 1 is 0.839 bits per heavy atom. The summed E-state index contributed by atoms with van der Waals surface area (Å²) in [5.41, 5.74) is 8.17. The van der Waals surface area contributed by atoms with Crippen LogP contribution in [0.2, 0.25) is 5.02 Å². The molecule has 1 aliphatic carbocycles. The first-order valence-electron chi connectivity index (χ1n) is 13.2. The van der Waals surface area contributed by atoms with Crippen LogP contribution in [-0.2, 0) is 4.79 Å². The largest absolute Gasteiger partial charge is 0.398 e. The Balaban J connectivity index is 1.46. The van der Waals surface area contributed by atoms with Crippen molar-refractivity contribution in [1.82, 2.24) is 0 Å². The van der Waals surface area contributed by atoms with Gasteiger partial charge in [-0.15, -0.1) is 0 Å². The lowest BCUT2D eigenvalue weighted by molar-refractivity contribution is -0.124. The van der Waals surface area contributed by atoms with Gasteiger partial charge in [0.25, 0.3) is 0 Å². The standard InChI is InChI=1S/C28H46ClNO/c1-2-3-4-5-6-7-8-9-10-11-12-13-14-15-28(31)24-18-16-23(17-19-24)26-22-25(29)20-21-27(26)30/h20-24H,2-19,30H2,1H3. The van der Waals surface area contributed by atoms with Gasteiger partial charge in [-0.3, -0.25) is 4.79 Å². The van der Waals surface area contributed by atoms with Gasteiger partial charge in [-0.1, -0.05) is 95.6 Å². The summed E-state index contributed by atoms with van der Waals surface area (Å²) in [7, 11) is 0. The van der Waals surface area contributed by atoms with Gasteiger partial charge in [0, 0.05) is 23.0 Å². The molecule has 2 N–H and O–H groups in total. The molecule has 1 fully saturated rings. The first kappa shape index (κ1) is 26.2. The zero-order valence-corrected chi connectivity index (χ0v) is 20.7. The molecule has 0 spiro atoms. The van der Waals surface area contributed by atoms with E-state index in [1.165, 1.54) is 82.6 Å². The molecule has 176 valence electrons. The summed E-state index contributed by atoms with van der Waals surface area (Å²) in [4.78, 5) is 12.6. The second-order valence-electron chi connectivity index (χ2n) is 9.78. The molecular weight excluding hydrogens is 402 g/mol. The molecule has 2 rings (SSSR count). The second kappa shape index (κ2) is 15.7. The Labute approximate surface area is 196 Å². The number of carbonyl (C=O) groups excluding carboxylic acids is 1. The number of anilines is 1. The number of rotatable bonds is 16. The van der Waals surface area contributed by atoms with Crippen molar-refractivity contribution in [3.05, 3.63) is 28.8 Å². The molecule has 2 nitrogen and oxygen atoms in total. The van der Waals surface area contributed by atoms with E-state index in [9.17, 15) is 4.79 Å². The quantitative estimate of drug-likeness (QED) is 0.202. The van der Waals surface area contributed by atoms with E-state index in [1.54, 1.807) is 0 Å². The van der Waals surface area contributed by atoms with E-state index in [0.29, 0.717) is 11.7 Å². The first-order valence-corrected chi connectivity index (χ1v) is 13.6. The van der Waals surface area contributed by atoms with Crippen molar-refractivity contribution in [3.8, 4) is 0 Å². The third-order valence-corrected chi connectivity index (χ3v) is 7.43. The highest BCUT2D eigenvalue weighted by molar-refractivity contribution is 6.30. The van der Waals surface area contributed by atoms with Crippen LogP contribution in [-0.4, -0.2) is 5.78 Å². The van der Waals surface area contributed by atoms with Crippen molar-refractivity contribution in [2.45, 2.75) is 128 Å². The highest BCUT2D eigenvalue weighted by Crippen LogP contribution is 2.39. The van der Waals surface area contributed by atoms with Gasteiger partial charge < -0.3 is 5.73 Å². The summed E-state index contributed by atoms with van der Waals surface area (Å²) in [6.45, 7) is 2.28. The molecule has 1 saturated carbocycles. The predicted molar refractivity (Wildman–Crippen MR) is 136 cm³/mol. The van der Waals surface area contributed by atoms with Crippen molar-refractivity contribution in [2.75, 3.05) is 5.73 Å². The highest BCUT2D eigenvalue weighted by Gasteiger charge is 2.27. The van der Waals surface area contributed by atoms with Crippen molar-refractivity contribution >= 4 is 23.1 Å². The van der Waals surface area contributed by atoms with Crippen LogP contribution < -0.4 is 5.73 Å². The molecule has 0 unspecified atom stereocenters. The van der Waals surface area contributed by atoms with Crippen molar-refractivity contribution in [2.24, 2.45) is 5.92 Å². The average molecular weight is 448 g/mol. The van der Waals surface area contributed by atoms with Gasteiger partial charge in [0.15, 0.2) is 0 Å². The summed E-state index contributed by atoms with van der Waals surface area (Å²) < 4.78 is 0. The number of halogens is 1. The van der Waals surface area contributed by atoms with E-state index < -0.39 is 0 Å². The maximum absolute atomic E-state index is 12.6. The van der Waals surface area contributed by atoms with Crippen LogP contribution in [0.5, 0.6) is 0 Å². The monoisotopic (exact) mass is 447 g/mol. The lowest BCUT2D eigenvalue weighted by Gasteiger charge is -2.29. The maximum Gasteiger partial charge on any atom is 0.135 e. The Morgan fingerprint density at radius 2 is 1.35 bits per heavy atom. The summed E-state index contributed by atoms with van der Waals surface area (Å²) in [5, 5.41) is 0.754. The normalized spacial score (nSPS) is 18.9. The molecule has 0 radical (unpaired) electrons. The Bertz CT molecular complexity index is 621. The number of nitrogens with two attached hydrogens (primary N) is 1. The molecule has 0 heterocycles. The third-order valence-electron chi connectivity index (χ3n) is 7.20. The van der Waals surface area contributed by atoms with Gasteiger partial charge in [0.1, 0.15) is 5.78 Å². The van der Waals surface area contributed by atoms with E-state index in [-0.39, 0.29) is 5.92 Å². The second-order valence-corrected chi connectivity index (χ2v) is 10.2. The van der Waals surface area contributed by atoms with E-state index in [1.807, 2.05) is 18.2 Å². The number of hydrogen-bond donors (Lipinski definition) is 1. The molecular formula is C28H46ClNO. The molecule has 0 saturated heterocycles. The van der Waals surface area contributed by atoms with Crippen LogP contribution >= 0.6 is 11.6 Å². The summed E-state index contributed by atoms with van der Waals surface area (Å²) >= 11 is 6.15. The third kappa shape index (κ3) is 10.4. The summed E-state index contributed by atoms with van der Waals surface area (Å²) in [6, 6.07) is 5.77. The fourth-order valence-corrected chi connectivity index (χ4v) is 5.33. The predicted octanol–water partition coefficient (Wildman–Crippen LogP) is 9.25. The fraction of sp³-hybridized carbons (Fsp3) is 0.750. The zero-order chi connectivity index (χ0) is 22.3. The molecule has 1 aromatic rings. The van der Waals surface area contributed by atoms with E-state index in [0.717, 1.165) is 49.2 Å². The molecule has 3 heteroatoms. The Kier molecular flexibility index (Phi) is 13.3. The molecule has 0 aliphatic heterocycles. The van der Waals surface area contributed by atoms with Gasteiger partial charge >= 0.3 is 0 Å². The molecule has 1 aromatic carbocycles. The Hall–Kier alpha value is -1.02. The number of Topliss-reactive ketones (excluding diaryl/α,β-unsaturated/α-hetero) is 1. The number of hydrogen-bond acceptors (Lipinski definition) is 2. The fourth-order valence-electron chi connectivity index (χ4n) is 5.15. The Morgan fingerprint density at radius 3 is 1.90 bits per heavy atom.